The molecule has 1 heterocycles. The molecule has 164 valence electrons. The monoisotopic (exact) mass is 428 g/mol. The largest absolute Gasteiger partial charge is 0.493 e. The minimum Gasteiger partial charge on any atom is -0.493 e. The number of Topliss-reactive ketones (excluding diaryl/α,β-unsaturated/α-hetero) is 1. The van der Waals surface area contributed by atoms with Crippen LogP contribution < -0.4 is 10.5 Å². The summed E-state index contributed by atoms with van der Waals surface area (Å²) < 4.78 is 34.2. The molecule has 31 heavy (non-hydrogen) atoms. The van der Waals surface area contributed by atoms with E-state index < -0.39 is 17.7 Å². The number of benzene rings is 2. The molecule has 3 aromatic rings. The Morgan fingerprint density at radius 2 is 2.06 bits per heavy atom. The SMILES string of the molecule is CN(C)CCCOc1cc(-c2cn[nH]c2)c(F)cc1CC(=O)C(N)c1cccc(F)c1. The van der Waals surface area contributed by atoms with E-state index in [1.54, 1.807) is 18.3 Å². The average Bonchev–Trinajstić information content (AvgIpc) is 3.26. The van der Waals surface area contributed by atoms with Crippen molar-refractivity contribution in [1.82, 2.24) is 15.1 Å². The van der Waals surface area contributed by atoms with Crippen LogP contribution in [0.15, 0.2) is 48.8 Å². The third kappa shape index (κ3) is 5.96. The summed E-state index contributed by atoms with van der Waals surface area (Å²) in [6.45, 7) is 1.24. The molecule has 0 fully saturated rings. The van der Waals surface area contributed by atoms with E-state index in [0.29, 0.717) is 34.6 Å². The highest BCUT2D eigenvalue weighted by molar-refractivity contribution is 5.87. The van der Waals surface area contributed by atoms with Crippen LogP contribution in [0, 0.1) is 11.6 Å². The standard InChI is InChI=1S/C23H26F2N4O2/c1-29(2)7-4-8-31-22-12-19(17-13-27-28-14-17)20(25)10-16(22)11-21(30)23(26)15-5-3-6-18(24)9-15/h3,5-6,9-10,12-14,23H,4,7-8,11,26H2,1-2H3,(H,27,28). The Hall–Kier alpha value is -3.10. The van der Waals surface area contributed by atoms with Gasteiger partial charge in [0.05, 0.1) is 18.8 Å². The van der Waals surface area contributed by atoms with Crippen molar-refractivity contribution >= 4 is 5.78 Å². The van der Waals surface area contributed by atoms with E-state index in [-0.39, 0.29) is 12.2 Å². The Labute approximate surface area is 180 Å². The van der Waals surface area contributed by atoms with Crippen molar-refractivity contribution in [3.63, 3.8) is 0 Å². The van der Waals surface area contributed by atoms with Gasteiger partial charge < -0.3 is 15.4 Å². The van der Waals surface area contributed by atoms with E-state index in [9.17, 15) is 13.6 Å². The molecule has 2 aromatic carbocycles. The quantitative estimate of drug-likeness (QED) is 0.483. The smallest absolute Gasteiger partial charge is 0.158 e. The molecule has 0 bridgehead atoms. The average molecular weight is 428 g/mol. The van der Waals surface area contributed by atoms with E-state index in [1.807, 2.05) is 19.0 Å². The number of hydrogen-bond donors (Lipinski definition) is 2. The van der Waals surface area contributed by atoms with E-state index in [2.05, 4.69) is 10.2 Å². The van der Waals surface area contributed by atoms with Gasteiger partial charge in [0, 0.05) is 35.9 Å². The molecule has 0 spiro atoms. The van der Waals surface area contributed by atoms with Gasteiger partial charge in [-0.25, -0.2) is 8.78 Å². The first-order valence-electron chi connectivity index (χ1n) is 9.98. The number of carbonyl (C=O) groups excluding carboxylic acids is 1. The maximum Gasteiger partial charge on any atom is 0.158 e. The Balaban J connectivity index is 1.84. The number of aromatic nitrogens is 2. The summed E-state index contributed by atoms with van der Waals surface area (Å²) in [5.41, 5.74) is 7.70. The van der Waals surface area contributed by atoms with Crippen LogP contribution in [0.3, 0.4) is 0 Å². The van der Waals surface area contributed by atoms with E-state index in [0.717, 1.165) is 13.0 Å². The van der Waals surface area contributed by atoms with Gasteiger partial charge >= 0.3 is 0 Å². The Morgan fingerprint density at radius 3 is 2.74 bits per heavy atom. The van der Waals surface area contributed by atoms with Crippen molar-refractivity contribution in [3.05, 3.63) is 71.6 Å². The molecule has 3 rings (SSSR count). The number of rotatable bonds is 10. The maximum absolute atomic E-state index is 14.8. The van der Waals surface area contributed by atoms with E-state index in [1.165, 1.54) is 30.5 Å². The number of carbonyl (C=O) groups is 1. The topological polar surface area (TPSA) is 84.2 Å². The third-order valence-corrected chi connectivity index (χ3v) is 4.89. The summed E-state index contributed by atoms with van der Waals surface area (Å²) in [6, 6.07) is 7.44. The maximum atomic E-state index is 14.8. The lowest BCUT2D eigenvalue weighted by Gasteiger charge is -2.16. The van der Waals surface area contributed by atoms with Gasteiger partial charge in [-0.1, -0.05) is 12.1 Å². The predicted molar refractivity (Wildman–Crippen MR) is 115 cm³/mol. The number of ketones is 1. The highest BCUT2D eigenvalue weighted by Gasteiger charge is 2.21. The Morgan fingerprint density at radius 1 is 1.26 bits per heavy atom. The number of halogens is 2. The zero-order chi connectivity index (χ0) is 22.4. The first kappa shape index (κ1) is 22.6. The molecule has 0 radical (unpaired) electrons. The molecule has 0 aliphatic rings. The van der Waals surface area contributed by atoms with Crippen LogP contribution in [-0.4, -0.2) is 48.1 Å². The van der Waals surface area contributed by atoms with Crippen LogP contribution in [0.5, 0.6) is 5.75 Å². The molecule has 0 amide bonds. The van der Waals surface area contributed by atoms with Gasteiger partial charge in [0.15, 0.2) is 5.78 Å². The van der Waals surface area contributed by atoms with Crippen LogP contribution in [0.25, 0.3) is 11.1 Å². The van der Waals surface area contributed by atoms with Crippen molar-refractivity contribution in [2.75, 3.05) is 27.2 Å². The van der Waals surface area contributed by atoms with Crippen molar-refractivity contribution in [3.8, 4) is 16.9 Å². The van der Waals surface area contributed by atoms with Crippen molar-refractivity contribution in [2.45, 2.75) is 18.9 Å². The number of nitrogens with zero attached hydrogens (tertiary/aromatic N) is 2. The molecule has 1 atom stereocenters. The van der Waals surface area contributed by atoms with Gasteiger partial charge in [0.2, 0.25) is 0 Å². The fourth-order valence-electron chi connectivity index (χ4n) is 3.23. The summed E-state index contributed by atoms with van der Waals surface area (Å²) >= 11 is 0. The first-order valence-corrected chi connectivity index (χ1v) is 9.98. The molecule has 8 heteroatoms. The summed E-state index contributed by atoms with van der Waals surface area (Å²) in [4.78, 5) is 14.8. The highest BCUT2D eigenvalue weighted by atomic mass is 19.1. The number of nitrogens with one attached hydrogen (secondary N) is 1. The van der Waals surface area contributed by atoms with Crippen LogP contribution in [0.4, 0.5) is 8.78 Å². The molecule has 6 nitrogen and oxygen atoms in total. The van der Waals surface area contributed by atoms with Gasteiger partial charge in [-0.3, -0.25) is 9.89 Å². The number of ether oxygens (including phenoxy) is 1. The van der Waals surface area contributed by atoms with E-state index >= 15 is 0 Å². The summed E-state index contributed by atoms with van der Waals surface area (Å²) in [6.07, 6.45) is 3.72. The fraction of sp³-hybridized carbons (Fsp3) is 0.304. The second kappa shape index (κ2) is 10.3. The normalized spacial score (nSPS) is 12.2. The molecule has 0 aliphatic carbocycles. The molecule has 0 aliphatic heterocycles. The summed E-state index contributed by atoms with van der Waals surface area (Å²) in [5.74, 6) is -0.916. The minimum absolute atomic E-state index is 0.136. The minimum atomic E-state index is -1.02. The van der Waals surface area contributed by atoms with Gasteiger partial charge in [0.1, 0.15) is 17.4 Å². The molecule has 1 unspecified atom stereocenters. The number of nitrogens with two attached hydrogens (primary N) is 1. The van der Waals surface area contributed by atoms with Crippen LogP contribution in [-0.2, 0) is 11.2 Å². The summed E-state index contributed by atoms with van der Waals surface area (Å²) in [7, 11) is 3.93. The predicted octanol–water partition coefficient (Wildman–Crippen LogP) is 3.50. The first-order chi connectivity index (χ1) is 14.8. The molecule has 3 N–H and O–H groups in total. The number of hydrogen-bond acceptors (Lipinski definition) is 5. The second-order valence-electron chi connectivity index (χ2n) is 7.61. The molecular formula is C23H26F2N4O2. The summed E-state index contributed by atoms with van der Waals surface area (Å²) in [5, 5.41) is 6.52. The zero-order valence-electron chi connectivity index (χ0n) is 17.6. The lowest BCUT2D eigenvalue weighted by molar-refractivity contribution is -0.119. The van der Waals surface area contributed by atoms with Crippen molar-refractivity contribution < 1.29 is 18.3 Å². The number of aromatic amines is 1. The zero-order valence-corrected chi connectivity index (χ0v) is 17.6. The van der Waals surface area contributed by atoms with Crippen molar-refractivity contribution in [1.29, 1.82) is 0 Å². The Kier molecular flexibility index (Phi) is 7.49. The third-order valence-electron chi connectivity index (χ3n) is 4.89. The highest BCUT2D eigenvalue weighted by Crippen LogP contribution is 2.31. The Bertz CT molecular complexity index is 1020. The molecule has 1 aromatic heterocycles. The molecule has 0 saturated carbocycles. The van der Waals surface area contributed by atoms with Gasteiger partial charge in [0.25, 0.3) is 0 Å². The molecule has 0 saturated heterocycles. The number of H-pyrrole nitrogens is 1. The van der Waals surface area contributed by atoms with Gasteiger partial charge in [-0.2, -0.15) is 5.10 Å². The van der Waals surface area contributed by atoms with Gasteiger partial charge in [-0.05, 0) is 50.3 Å². The van der Waals surface area contributed by atoms with Crippen LogP contribution in [0.2, 0.25) is 0 Å². The van der Waals surface area contributed by atoms with Crippen LogP contribution >= 0.6 is 0 Å². The lowest BCUT2D eigenvalue weighted by atomic mass is 9.96. The second-order valence-corrected chi connectivity index (χ2v) is 7.61. The fourth-order valence-corrected chi connectivity index (χ4v) is 3.23. The van der Waals surface area contributed by atoms with Gasteiger partial charge in [-0.15, -0.1) is 0 Å². The lowest BCUT2D eigenvalue weighted by Crippen LogP contribution is -2.23. The van der Waals surface area contributed by atoms with E-state index in [4.69, 9.17) is 10.5 Å². The van der Waals surface area contributed by atoms with Crippen LogP contribution in [0.1, 0.15) is 23.6 Å². The van der Waals surface area contributed by atoms with Crippen molar-refractivity contribution in [2.24, 2.45) is 5.73 Å². The molecular weight excluding hydrogens is 402 g/mol.